The van der Waals surface area contributed by atoms with Crippen molar-refractivity contribution in [3.8, 4) is 0 Å². The van der Waals surface area contributed by atoms with Crippen molar-refractivity contribution in [2.45, 2.75) is 64.7 Å². The minimum atomic E-state index is 0.499. The third-order valence-electron chi connectivity index (χ3n) is 6.56. The SMILES string of the molecule is CCCCCCCCc1ccc(/N=N/c2ccc(/N=N/c3ccc(N4CCCC4)cc3)cc2Cl)cc1. The van der Waals surface area contributed by atoms with Gasteiger partial charge < -0.3 is 4.90 Å². The number of benzene rings is 3. The lowest BCUT2D eigenvalue weighted by molar-refractivity contribution is 0.607. The van der Waals surface area contributed by atoms with Gasteiger partial charge in [-0.3, -0.25) is 0 Å². The highest BCUT2D eigenvalue weighted by atomic mass is 35.5. The van der Waals surface area contributed by atoms with Gasteiger partial charge in [0.1, 0.15) is 5.69 Å². The molecule has 1 aliphatic heterocycles. The molecule has 0 atom stereocenters. The Morgan fingerprint density at radius 1 is 0.667 bits per heavy atom. The van der Waals surface area contributed by atoms with Gasteiger partial charge in [0.15, 0.2) is 0 Å². The molecule has 1 aliphatic rings. The maximum atomic E-state index is 6.44. The first-order valence-corrected chi connectivity index (χ1v) is 13.7. The van der Waals surface area contributed by atoms with E-state index in [2.05, 4.69) is 56.5 Å². The lowest BCUT2D eigenvalue weighted by atomic mass is 10.0. The second-order valence-electron chi connectivity index (χ2n) is 9.43. The van der Waals surface area contributed by atoms with Gasteiger partial charge in [0.25, 0.3) is 0 Å². The molecule has 5 nitrogen and oxygen atoms in total. The molecule has 1 saturated heterocycles. The number of azo groups is 2. The van der Waals surface area contributed by atoms with Crippen LogP contribution in [0.5, 0.6) is 0 Å². The van der Waals surface area contributed by atoms with Crippen molar-refractivity contribution < 1.29 is 0 Å². The fraction of sp³-hybridized carbons (Fsp3) is 0.400. The average Bonchev–Trinajstić information content (AvgIpc) is 3.45. The Morgan fingerprint density at radius 3 is 1.94 bits per heavy atom. The molecule has 4 rings (SSSR count). The number of hydrogen-bond acceptors (Lipinski definition) is 5. The maximum Gasteiger partial charge on any atom is 0.104 e. The minimum absolute atomic E-state index is 0.499. The molecule has 0 bridgehead atoms. The van der Waals surface area contributed by atoms with Crippen LogP contribution < -0.4 is 4.90 Å². The molecule has 0 aromatic heterocycles. The van der Waals surface area contributed by atoms with Crippen LogP contribution in [0.1, 0.15) is 63.9 Å². The van der Waals surface area contributed by atoms with Gasteiger partial charge in [0, 0.05) is 18.8 Å². The van der Waals surface area contributed by atoms with E-state index in [-0.39, 0.29) is 0 Å². The minimum Gasteiger partial charge on any atom is -0.372 e. The summed E-state index contributed by atoms with van der Waals surface area (Å²) in [5.41, 5.74) is 5.53. The molecule has 3 aromatic carbocycles. The third-order valence-corrected chi connectivity index (χ3v) is 6.86. The number of halogens is 1. The molecule has 0 aliphatic carbocycles. The Bertz CT molecular complexity index is 1130. The Hall–Kier alpha value is -3.05. The number of nitrogens with zero attached hydrogens (tertiary/aromatic N) is 5. The van der Waals surface area contributed by atoms with Crippen LogP contribution in [0.3, 0.4) is 0 Å². The quantitative estimate of drug-likeness (QED) is 0.180. The van der Waals surface area contributed by atoms with Crippen molar-refractivity contribution in [3.05, 3.63) is 77.3 Å². The third kappa shape index (κ3) is 7.99. The first kappa shape index (κ1) is 26.0. The number of anilines is 1. The zero-order valence-electron chi connectivity index (χ0n) is 21.2. The Labute approximate surface area is 220 Å². The molecule has 36 heavy (non-hydrogen) atoms. The van der Waals surface area contributed by atoms with Crippen LogP contribution in [0.25, 0.3) is 0 Å². The van der Waals surface area contributed by atoms with Crippen LogP contribution in [0.15, 0.2) is 87.2 Å². The van der Waals surface area contributed by atoms with E-state index in [0.717, 1.165) is 30.9 Å². The summed E-state index contributed by atoms with van der Waals surface area (Å²) in [6.45, 7) is 4.52. The maximum absolute atomic E-state index is 6.44. The van der Waals surface area contributed by atoms with Crippen LogP contribution in [-0.2, 0) is 6.42 Å². The van der Waals surface area contributed by atoms with Crippen molar-refractivity contribution in [2.75, 3.05) is 18.0 Å². The van der Waals surface area contributed by atoms with Gasteiger partial charge in [-0.05, 0) is 85.8 Å². The summed E-state index contributed by atoms with van der Waals surface area (Å²) in [4.78, 5) is 2.40. The van der Waals surface area contributed by atoms with E-state index >= 15 is 0 Å². The summed E-state index contributed by atoms with van der Waals surface area (Å²) in [5, 5.41) is 17.9. The van der Waals surface area contributed by atoms with Crippen molar-refractivity contribution in [2.24, 2.45) is 20.5 Å². The molecular weight excluding hydrogens is 466 g/mol. The number of hydrogen-bond donors (Lipinski definition) is 0. The largest absolute Gasteiger partial charge is 0.372 e. The van der Waals surface area contributed by atoms with Crippen molar-refractivity contribution in [1.29, 1.82) is 0 Å². The highest BCUT2D eigenvalue weighted by Crippen LogP contribution is 2.32. The molecule has 6 heteroatoms. The van der Waals surface area contributed by atoms with Crippen molar-refractivity contribution in [1.82, 2.24) is 0 Å². The molecule has 1 heterocycles. The zero-order chi connectivity index (χ0) is 25.0. The second-order valence-corrected chi connectivity index (χ2v) is 9.84. The molecule has 188 valence electrons. The van der Waals surface area contributed by atoms with Gasteiger partial charge in [0.2, 0.25) is 0 Å². The van der Waals surface area contributed by atoms with Crippen LogP contribution >= 0.6 is 11.6 Å². The zero-order valence-corrected chi connectivity index (χ0v) is 22.0. The van der Waals surface area contributed by atoms with E-state index in [1.165, 1.54) is 62.6 Å². The van der Waals surface area contributed by atoms with Crippen molar-refractivity contribution >= 4 is 40.0 Å². The van der Waals surface area contributed by atoms with Gasteiger partial charge in [-0.15, -0.1) is 5.11 Å². The Kier molecular flexibility index (Phi) is 10.0. The van der Waals surface area contributed by atoms with E-state index in [4.69, 9.17) is 11.6 Å². The molecule has 0 saturated carbocycles. The highest BCUT2D eigenvalue weighted by molar-refractivity contribution is 6.33. The van der Waals surface area contributed by atoms with E-state index in [1.807, 2.05) is 36.4 Å². The fourth-order valence-corrected chi connectivity index (χ4v) is 4.62. The average molecular weight is 502 g/mol. The van der Waals surface area contributed by atoms with Crippen molar-refractivity contribution in [3.63, 3.8) is 0 Å². The first-order valence-electron chi connectivity index (χ1n) is 13.3. The van der Waals surface area contributed by atoms with Crippen LogP contribution in [0.2, 0.25) is 5.02 Å². The van der Waals surface area contributed by atoms with E-state index < -0.39 is 0 Å². The van der Waals surface area contributed by atoms with Gasteiger partial charge in [-0.2, -0.15) is 15.3 Å². The number of aryl methyl sites for hydroxylation is 1. The predicted molar refractivity (Wildman–Crippen MR) is 151 cm³/mol. The normalized spacial score (nSPS) is 13.9. The fourth-order valence-electron chi connectivity index (χ4n) is 4.41. The molecule has 0 N–H and O–H groups in total. The number of unbranched alkanes of at least 4 members (excludes halogenated alkanes) is 5. The summed E-state index contributed by atoms with van der Waals surface area (Å²) in [5.74, 6) is 0. The predicted octanol–water partition coefficient (Wildman–Crippen LogP) is 10.7. The van der Waals surface area contributed by atoms with Crippen LogP contribution in [0, 0.1) is 0 Å². The number of rotatable bonds is 12. The van der Waals surface area contributed by atoms with Gasteiger partial charge in [-0.25, -0.2) is 0 Å². The molecule has 3 aromatic rings. The lowest BCUT2D eigenvalue weighted by Gasteiger charge is -2.17. The molecule has 1 fully saturated rings. The first-order chi connectivity index (χ1) is 17.7. The van der Waals surface area contributed by atoms with Gasteiger partial charge in [-0.1, -0.05) is 62.8 Å². The topological polar surface area (TPSA) is 52.7 Å². The van der Waals surface area contributed by atoms with Crippen LogP contribution in [0.4, 0.5) is 28.4 Å². The molecule has 0 radical (unpaired) electrons. The summed E-state index contributed by atoms with van der Waals surface area (Å²) >= 11 is 6.44. The van der Waals surface area contributed by atoms with Gasteiger partial charge >= 0.3 is 0 Å². The molecule has 0 spiro atoms. The highest BCUT2D eigenvalue weighted by Gasteiger charge is 2.11. The smallest absolute Gasteiger partial charge is 0.104 e. The summed E-state index contributed by atoms with van der Waals surface area (Å²) < 4.78 is 0. The Balaban J connectivity index is 1.28. The summed E-state index contributed by atoms with van der Waals surface area (Å²) in [7, 11) is 0. The molecule has 0 unspecified atom stereocenters. The van der Waals surface area contributed by atoms with E-state index in [0.29, 0.717) is 16.4 Å². The van der Waals surface area contributed by atoms with E-state index in [9.17, 15) is 0 Å². The van der Waals surface area contributed by atoms with Crippen LogP contribution in [-0.4, -0.2) is 13.1 Å². The molecule has 0 amide bonds. The Morgan fingerprint density at radius 2 is 1.25 bits per heavy atom. The molecular formula is C30H36ClN5. The summed E-state index contributed by atoms with van der Waals surface area (Å²) in [6.07, 6.45) is 11.5. The summed E-state index contributed by atoms with van der Waals surface area (Å²) in [6, 6.07) is 22.0. The monoisotopic (exact) mass is 501 g/mol. The van der Waals surface area contributed by atoms with Gasteiger partial charge in [0.05, 0.1) is 22.1 Å². The lowest BCUT2D eigenvalue weighted by Crippen LogP contribution is -2.17. The second kappa shape index (κ2) is 13.9. The standard InChI is InChI=1S/C30H36ClN5/c1-2-3-4-5-6-7-10-24-11-13-25(14-12-24)33-35-30-20-17-27(23-29(30)31)34-32-26-15-18-28(19-16-26)36-21-8-9-22-36/h11-20,23H,2-10,21-22H2,1H3/b34-32+,35-33+. The van der Waals surface area contributed by atoms with E-state index in [1.54, 1.807) is 6.07 Å².